The number of nitrogens with zero attached hydrogens (tertiary/aromatic N) is 1. The van der Waals surface area contributed by atoms with Crippen LogP contribution in [-0.2, 0) is 19.1 Å². The van der Waals surface area contributed by atoms with E-state index in [1.807, 2.05) is 60.7 Å². The Hall–Kier alpha value is -2.66. The van der Waals surface area contributed by atoms with Gasteiger partial charge in [0.1, 0.15) is 18.8 Å². The fraction of sp³-hybridized carbons (Fsp3) is 0.364. The number of amides is 1. The molecule has 1 aliphatic rings. The van der Waals surface area contributed by atoms with Crippen LogP contribution in [0.15, 0.2) is 60.7 Å². The zero-order valence-electron chi connectivity index (χ0n) is 15.5. The largest absolute Gasteiger partial charge is 0.467 e. The highest BCUT2D eigenvalue weighted by Crippen LogP contribution is 2.26. The Morgan fingerprint density at radius 3 is 2.15 bits per heavy atom. The van der Waals surface area contributed by atoms with Gasteiger partial charge in [-0.25, -0.2) is 4.79 Å². The normalized spacial score (nSPS) is 17.0. The first-order valence-electron chi connectivity index (χ1n) is 9.29. The Morgan fingerprint density at radius 1 is 1.00 bits per heavy atom. The van der Waals surface area contributed by atoms with Crippen molar-refractivity contribution in [2.24, 2.45) is 0 Å². The molecule has 0 spiro atoms. The molecular weight excluding hydrogens is 342 g/mol. The van der Waals surface area contributed by atoms with E-state index >= 15 is 0 Å². The topological polar surface area (TPSA) is 55.8 Å². The van der Waals surface area contributed by atoms with Gasteiger partial charge >= 0.3 is 5.97 Å². The zero-order chi connectivity index (χ0) is 19.1. The molecule has 1 fully saturated rings. The minimum absolute atomic E-state index is 0.0814. The molecule has 1 unspecified atom stereocenters. The van der Waals surface area contributed by atoms with Crippen LogP contribution in [0.2, 0.25) is 0 Å². The van der Waals surface area contributed by atoms with Crippen LogP contribution in [0.5, 0.6) is 0 Å². The summed E-state index contributed by atoms with van der Waals surface area (Å²) in [5, 5.41) is 0. The van der Waals surface area contributed by atoms with E-state index in [0.717, 1.165) is 24.0 Å². The predicted molar refractivity (Wildman–Crippen MR) is 102 cm³/mol. The Kier molecular flexibility index (Phi) is 6.60. The summed E-state index contributed by atoms with van der Waals surface area (Å²) in [5.41, 5.74) is 1.97. The van der Waals surface area contributed by atoms with Crippen molar-refractivity contribution >= 4 is 11.9 Å². The van der Waals surface area contributed by atoms with Gasteiger partial charge in [0.25, 0.3) is 0 Å². The Labute approximate surface area is 159 Å². The van der Waals surface area contributed by atoms with E-state index in [4.69, 9.17) is 9.47 Å². The second-order valence-corrected chi connectivity index (χ2v) is 6.63. The van der Waals surface area contributed by atoms with E-state index in [1.165, 1.54) is 7.11 Å². The highest BCUT2D eigenvalue weighted by molar-refractivity contribution is 5.85. The SMILES string of the molecule is COC(=O)C1CCCCN1C(=O)COC(c1ccccc1)c1ccccc1. The zero-order valence-corrected chi connectivity index (χ0v) is 15.5. The maximum Gasteiger partial charge on any atom is 0.328 e. The number of likely N-dealkylation sites (tertiary alicyclic amines) is 1. The quantitative estimate of drug-likeness (QED) is 0.735. The first-order valence-corrected chi connectivity index (χ1v) is 9.29. The number of hydrogen-bond donors (Lipinski definition) is 0. The summed E-state index contributed by atoms with van der Waals surface area (Å²) in [4.78, 5) is 26.4. The van der Waals surface area contributed by atoms with Crippen LogP contribution >= 0.6 is 0 Å². The monoisotopic (exact) mass is 367 g/mol. The maximum absolute atomic E-state index is 12.8. The molecule has 0 bridgehead atoms. The molecule has 0 N–H and O–H groups in total. The minimum atomic E-state index is -0.508. The van der Waals surface area contributed by atoms with E-state index in [0.29, 0.717) is 13.0 Å². The summed E-state index contributed by atoms with van der Waals surface area (Å²) < 4.78 is 10.9. The summed E-state index contributed by atoms with van der Waals surface area (Å²) in [6.45, 7) is 0.477. The van der Waals surface area contributed by atoms with Crippen molar-refractivity contribution in [2.75, 3.05) is 20.3 Å². The summed E-state index contributed by atoms with van der Waals surface area (Å²) in [6.07, 6.45) is 2.11. The van der Waals surface area contributed by atoms with Gasteiger partial charge in [0, 0.05) is 6.54 Å². The summed E-state index contributed by atoms with van der Waals surface area (Å²) in [6, 6.07) is 19.1. The Bertz CT molecular complexity index is 708. The summed E-state index contributed by atoms with van der Waals surface area (Å²) in [5.74, 6) is -0.535. The van der Waals surface area contributed by atoms with Crippen LogP contribution in [0.25, 0.3) is 0 Å². The fourth-order valence-electron chi connectivity index (χ4n) is 3.49. The van der Waals surface area contributed by atoms with Crippen molar-refractivity contribution in [3.8, 4) is 0 Å². The van der Waals surface area contributed by atoms with Crippen molar-refractivity contribution in [2.45, 2.75) is 31.4 Å². The number of carbonyl (C=O) groups excluding carboxylic acids is 2. The van der Waals surface area contributed by atoms with Crippen molar-refractivity contribution < 1.29 is 19.1 Å². The third-order valence-corrected chi connectivity index (χ3v) is 4.87. The molecule has 5 nitrogen and oxygen atoms in total. The molecule has 0 saturated carbocycles. The van der Waals surface area contributed by atoms with Gasteiger partial charge in [0.15, 0.2) is 0 Å². The molecule has 1 saturated heterocycles. The van der Waals surface area contributed by atoms with E-state index in [2.05, 4.69) is 0 Å². The van der Waals surface area contributed by atoms with Crippen LogP contribution in [0.1, 0.15) is 36.5 Å². The maximum atomic E-state index is 12.8. The van der Waals surface area contributed by atoms with E-state index in [-0.39, 0.29) is 24.6 Å². The molecule has 0 radical (unpaired) electrons. The molecule has 2 aromatic carbocycles. The molecule has 0 aromatic heterocycles. The van der Waals surface area contributed by atoms with Gasteiger partial charge in [0.05, 0.1) is 7.11 Å². The fourth-order valence-corrected chi connectivity index (χ4v) is 3.49. The molecule has 1 atom stereocenters. The number of methoxy groups -OCH3 is 1. The van der Waals surface area contributed by atoms with E-state index in [1.54, 1.807) is 4.90 Å². The van der Waals surface area contributed by atoms with Crippen LogP contribution in [0.3, 0.4) is 0 Å². The number of benzene rings is 2. The van der Waals surface area contributed by atoms with Crippen molar-refractivity contribution in [3.05, 3.63) is 71.8 Å². The van der Waals surface area contributed by atoms with Gasteiger partial charge in [-0.05, 0) is 30.4 Å². The average molecular weight is 367 g/mol. The standard InChI is InChI=1S/C22H25NO4/c1-26-22(25)19-14-8-9-15-23(19)20(24)16-27-21(17-10-4-2-5-11-17)18-12-6-3-7-13-18/h2-7,10-13,19,21H,8-9,14-16H2,1H3. The van der Waals surface area contributed by atoms with Crippen molar-refractivity contribution in [1.29, 1.82) is 0 Å². The number of carbonyl (C=O) groups is 2. The van der Waals surface area contributed by atoms with Crippen LogP contribution in [0.4, 0.5) is 0 Å². The molecule has 1 aliphatic heterocycles. The third kappa shape index (κ3) is 4.74. The molecule has 1 amide bonds. The van der Waals surface area contributed by atoms with Crippen LogP contribution in [-0.4, -0.2) is 43.1 Å². The Balaban J connectivity index is 1.73. The lowest BCUT2D eigenvalue weighted by molar-refractivity contribution is -0.157. The smallest absolute Gasteiger partial charge is 0.328 e. The van der Waals surface area contributed by atoms with Gasteiger partial charge in [-0.1, -0.05) is 60.7 Å². The second kappa shape index (κ2) is 9.33. The van der Waals surface area contributed by atoms with Gasteiger partial charge in [-0.15, -0.1) is 0 Å². The highest BCUT2D eigenvalue weighted by Gasteiger charge is 2.33. The number of ether oxygens (including phenoxy) is 2. The van der Waals surface area contributed by atoms with Gasteiger partial charge in [0.2, 0.25) is 5.91 Å². The minimum Gasteiger partial charge on any atom is -0.467 e. The lowest BCUT2D eigenvalue weighted by atomic mass is 10.0. The van der Waals surface area contributed by atoms with Crippen LogP contribution < -0.4 is 0 Å². The number of esters is 1. The van der Waals surface area contributed by atoms with E-state index < -0.39 is 6.04 Å². The number of piperidine rings is 1. The Morgan fingerprint density at radius 2 is 1.59 bits per heavy atom. The lowest BCUT2D eigenvalue weighted by Gasteiger charge is -2.34. The first-order chi connectivity index (χ1) is 13.2. The third-order valence-electron chi connectivity index (χ3n) is 4.87. The number of hydrogen-bond acceptors (Lipinski definition) is 4. The summed E-state index contributed by atoms with van der Waals surface area (Å²) >= 11 is 0. The molecule has 0 aliphatic carbocycles. The van der Waals surface area contributed by atoms with Gasteiger partial charge in [-0.3, -0.25) is 4.79 Å². The second-order valence-electron chi connectivity index (χ2n) is 6.63. The van der Waals surface area contributed by atoms with Gasteiger partial charge < -0.3 is 14.4 Å². The molecule has 5 heteroatoms. The molecule has 27 heavy (non-hydrogen) atoms. The summed E-state index contributed by atoms with van der Waals surface area (Å²) in [7, 11) is 1.36. The predicted octanol–water partition coefficient (Wildman–Crippen LogP) is 3.35. The molecule has 3 rings (SSSR count). The van der Waals surface area contributed by atoms with Gasteiger partial charge in [-0.2, -0.15) is 0 Å². The average Bonchev–Trinajstić information content (AvgIpc) is 2.74. The van der Waals surface area contributed by atoms with Crippen LogP contribution in [0, 0.1) is 0 Å². The molecule has 2 aromatic rings. The highest BCUT2D eigenvalue weighted by atomic mass is 16.5. The molecular formula is C22H25NO4. The first kappa shape index (κ1) is 19.1. The van der Waals surface area contributed by atoms with Crippen molar-refractivity contribution in [3.63, 3.8) is 0 Å². The number of rotatable bonds is 6. The molecule has 1 heterocycles. The molecule has 142 valence electrons. The lowest BCUT2D eigenvalue weighted by Crippen LogP contribution is -2.49. The van der Waals surface area contributed by atoms with Crippen molar-refractivity contribution in [1.82, 2.24) is 4.90 Å². The van der Waals surface area contributed by atoms with E-state index in [9.17, 15) is 9.59 Å².